The number of hydrogen-bond acceptors (Lipinski definition) is 4. The molecule has 9 heteroatoms. The van der Waals surface area contributed by atoms with Gasteiger partial charge in [0.15, 0.2) is 17.5 Å². The van der Waals surface area contributed by atoms with Gasteiger partial charge in [-0.1, -0.05) is 0 Å². The monoisotopic (exact) mass is 398 g/mol. The van der Waals surface area contributed by atoms with Gasteiger partial charge in [0.2, 0.25) is 11.8 Å². The topological polar surface area (TPSA) is 67.4 Å². The first-order valence-corrected chi connectivity index (χ1v) is 8.71. The average Bonchev–Trinajstić information content (AvgIpc) is 2.67. The molecule has 0 aliphatic rings. The number of thioether (sulfide) groups is 1. The summed E-state index contributed by atoms with van der Waals surface area (Å²) in [5.41, 5.74) is -0.506. The third-order valence-electron chi connectivity index (χ3n) is 3.47. The molecule has 0 aromatic heterocycles. The SMILES string of the molecule is COc1ccc(SC(C)C(=O)NCC(=O)Nc2ccc(F)c(F)c2F)cc1. The minimum Gasteiger partial charge on any atom is -0.497 e. The van der Waals surface area contributed by atoms with Gasteiger partial charge >= 0.3 is 0 Å². The quantitative estimate of drug-likeness (QED) is 0.555. The number of amides is 2. The fourth-order valence-electron chi connectivity index (χ4n) is 2.04. The molecule has 0 fully saturated rings. The van der Waals surface area contributed by atoms with Gasteiger partial charge in [-0.15, -0.1) is 11.8 Å². The highest BCUT2D eigenvalue weighted by atomic mass is 32.2. The lowest BCUT2D eigenvalue weighted by atomic mass is 10.2. The molecule has 0 bridgehead atoms. The van der Waals surface area contributed by atoms with Crippen molar-refractivity contribution in [2.75, 3.05) is 19.0 Å². The Labute approximate surface area is 158 Å². The maximum atomic E-state index is 13.5. The van der Waals surface area contributed by atoms with E-state index in [4.69, 9.17) is 4.74 Å². The molecule has 144 valence electrons. The van der Waals surface area contributed by atoms with Gasteiger partial charge in [0.05, 0.1) is 24.6 Å². The summed E-state index contributed by atoms with van der Waals surface area (Å²) in [6.07, 6.45) is 0. The van der Waals surface area contributed by atoms with E-state index in [0.717, 1.165) is 11.0 Å². The molecular weight excluding hydrogens is 381 g/mol. The van der Waals surface area contributed by atoms with Crippen molar-refractivity contribution in [2.45, 2.75) is 17.1 Å². The van der Waals surface area contributed by atoms with Crippen LogP contribution < -0.4 is 15.4 Å². The second kappa shape index (κ2) is 9.31. The van der Waals surface area contributed by atoms with Crippen molar-refractivity contribution in [3.63, 3.8) is 0 Å². The Balaban J connectivity index is 1.85. The van der Waals surface area contributed by atoms with E-state index >= 15 is 0 Å². The second-order valence-electron chi connectivity index (χ2n) is 5.42. The van der Waals surface area contributed by atoms with Crippen molar-refractivity contribution in [3.05, 3.63) is 53.8 Å². The van der Waals surface area contributed by atoms with Crippen molar-refractivity contribution in [2.24, 2.45) is 0 Å². The maximum absolute atomic E-state index is 13.5. The van der Waals surface area contributed by atoms with Crippen LogP contribution in [0.25, 0.3) is 0 Å². The zero-order valence-corrected chi connectivity index (χ0v) is 15.3. The second-order valence-corrected chi connectivity index (χ2v) is 6.84. The number of benzene rings is 2. The molecule has 0 heterocycles. The first kappa shape index (κ1) is 20.6. The summed E-state index contributed by atoms with van der Waals surface area (Å²) in [6, 6.07) is 8.71. The smallest absolute Gasteiger partial charge is 0.243 e. The number of halogens is 3. The van der Waals surface area contributed by atoms with Crippen molar-refractivity contribution >= 4 is 29.3 Å². The lowest BCUT2D eigenvalue weighted by molar-refractivity contribution is -0.123. The minimum atomic E-state index is -1.68. The van der Waals surface area contributed by atoms with Gasteiger partial charge in [-0.25, -0.2) is 13.2 Å². The Bertz CT molecular complexity index is 831. The molecule has 5 nitrogen and oxygen atoms in total. The van der Waals surface area contributed by atoms with Crippen LogP contribution in [0.2, 0.25) is 0 Å². The highest BCUT2D eigenvalue weighted by Crippen LogP contribution is 2.25. The normalized spacial score (nSPS) is 11.6. The molecule has 2 rings (SSSR count). The summed E-state index contributed by atoms with van der Waals surface area (Å²) in [5, 5.41) is 3.99. The summed E-state index contributed by atoms with van der Waals surface area (Å²) < 4.78 is 44.6. The summed E-state index contributed by atoms with van der Waals surface area (Å²) >= 11 is 1.28. The lowest BCUT2D eigenvalue weighted by Crippen LogP contribution is -2.37. The van der Waals surface area contributed by atoms with Gasteiger partial charge in [0.1, 0.15) is 5.75 Å². The van der Waals surface area contributed by atoms with Crippen LogP contribution >= 0.6 is 11.8 Å². The third kappa shape index (κ3) is 5.65. The van der Waals surface area contributed by atoms with Gasteiger partial charge in [0.25, 0.3) is 0 Å². The highest BCUT2D eigenvalue weighted by molar-refractivity contribution is 8.00. The zero-order chi connectivity index (χ0) is 20.0. The highest BCUT2D eigenvalue weighted by Gasteiger charge is 2.18. The first-order chi connectivity index (χ1) is 12.8. The van der Waals surface area contributed by atoms with Gasteiger partial charge in [0, 0.05) is 4.90 Å². The van der Waals surface area contributed by atoms with Crippen LogP contribution in [-0.2, 0) is 9.59 Å². The van der Waals surface area contributed by atoms with Crippen molar-refractivity contribution in [1.29, 1.82) is 0 Å². The van der Waals surface area contributed by atoms with Gasteiger partial charge in [-0.05, 0) is 43.3 Å². The van der Waals surface area contributed by atoms with Crippen LogP contribution in [0.4, 0.5) is 18.9 Å². The fourth-order valence-corrected chi connectivity index (χ4v) is 2.93. The number of carbonyl (C=O) groups is 2. The van der Waals surface area contributed by atoms with E-state index in [1.807, 2.05) is 0 Å². The van der Waals surface area contributed by atoms with E-state index in [1.54, 1.807) is 38.3 Å². The molecule has 1 atom stereocenters. The molecule has 0 saturated heterocycles. The number of ether oxygens (including phenoxy) is 1. The van der Waals surface area contributed by atoms with Crippen molar-refractivity contribution in [3.8, 4) is 5.75 Å². The van der Waals surface area contributed by atoms with E-state index < -0.39 is 46.7 Å². The molecule has 2 amide bonds. The Morgan fingerprint density at radius 3 is 2.37 bits per heavy atom. The number of anilines is 1. The molecule has 0 radical (unpaired) electrons. The number of carbonyl (C=O) groups excluding carboxylic acids is 2. The molecule has 0 spiro atoms. The number of nitrogens with one attached hydrogen (secondary N) is 2. The van der Waals surface area contributed by atoms with Crippen LogP contribution in [-0.4, -0.2) is 30.7 Å². The largest absolute Gasteiger partial charge is 0.497 e. The van der Waals surface area contributed by atoms with E-state index in [9.17, 15) is 22.8 Å². The Morgan fingerprint density at radius 1 is 1.07 bits per heavy atom. The van der Waals surface area contributed by atoms with E-state index in [-0.39, 0.29) is 0 Å². The Kier molecular flexibility index (Phi) is 7.12. The predicted molar refractivity (Wildman–Crippen MR) is 96.3 cm³/mol. The Hall–Kier alpha value is -2.68. The molecule has 0 aliphatic carbocycles. The maximum Gasteiger partial charge on any atom is 0.243 e. The predicted octanol–water partition coefficient (Wildman–Crippen LogP) is 3.35. The van der Waals surface area contributed by atoms with Crippen molar-refractivity contribution in [1.82, 2.24) is 5.32 Å². The van der Waals surface area contributed by atoms with Crippen LogP contribution in [0.15, 0.2) is 41.3 Å². The van der Waals surface area contributed by atoms with Crippen molar-refractivity contribution < 1.29 is 27.5 Å². The van der Waals surface area contributed by atoms with Crippen LogP contribution in [0.5, 0.6) is 5.75 Å². The van der Waals surface area contributed by atoms with Gasteiger partial charge in [-0.2, -0.15) is 0 Å². The van der Waals surface area contributed by atoms with Crippen LogP contribution in [0.1, 0.15) is 6.92 Å². The molecule has 2 aromatic rings. The number of methoxy groups -OCH3 is 1. The minimum absolute atomic E-state index is 0.406. The summed E-state index contributed by atoms with van der Waals surface area (Å²) in [4.78, 5) is 24.7. The molecule has 0 saturated carbocycles. The van der Waals surface area contributed by atoms with Crippen LogP contribution in [0, 0.1) is 17.5 Å². The Morgan fingerprint density at radius 2 is 1.74 bits per heavy atom. The summed E-state index contributed by atoms with van der Waals surface area (Å²) in [7, 11) is 1.55. The summed E-state index contributed by atoms with van der Waals surface area (Å²) in [6.45, 7) is 1.22. The average molecular weight is 398 g/mol. The molecule has 0 aliphatic heterocycles. The zero-order valence-electron chi connectivity index (χ0n) is 14.5. The molecule has 2 aromatic carbocycles. The van der Waals surface area contributed by atoms with E-state index in [0.29, 0.717) is 11.8 Å². The molecular formula is C18H17F3N2O3S. The van der Waals surface area contributed by atoms with E-state index in [1.165, 1.54) is 11.8 Å². The number of hydrogen-bond donors (Lipinski definition) is 2. The molecule has 27 heavy (non-hydrogen) atoms. The summed E-state index contributed by atoms with van der Waals surface area (Å²) in [5.74, 6) is -5.02. The fraction of sp³-hybridized carbons (Fsp3) is 0.222. The first-order valence-electron chi connectivity index (χ1n) is 7.83. The number of rotatable bonds is 7. The van der Waals surface area contributed by atoms with Gasteiger partial charge in [-0.3, -0.25) is 9.59 Å². The molecule has 2 N–H and O–H groups in total. The third-order valence-corrected chi connectivity index (χ3v) is 4.59. The van der Waals surface area contributed by atoms with Crippen LogP contribution in [0.3, 0.4) is 0 Å². The standard InChI is InChI=1S/C18H17F3N2O3S/c1-10(27-12-5-3-11(26-2)4-6-12)18(25)22-9-15(24)23-14-8-7-13(19)16(20)17(14)21/h3-8,10H,9H2,1-2H3,(H,22,25)(H,23,24). The lowest BCUT2D eigenvalue weighted by Gasteiger charge is -2.13. The van der Waals surface area contributed by atoms with Gasteiger partial charge < -0.3 is 15.4 Å². The van der Waals surface area contributed by atoms with E-state index in [2.05, 4.69) is 10.6 Å². The molecule has 1 unspecified atom stereocenters.